The van der Waals surface area contributed by atoms with Crippen molar-refractivity contribution in [2.24, 2.45) is 5.92 Å². The summed E-state index contributed by atoms with van der Waals surface area (Å²) < 4.78 is 0. The Morgan fingerprint density at radius 3 is 2.28 bits per heavy atom. The van der Waals surface area contributed by atoms with E-state index >= 15 is 0 Å². The second-order valence-corrected chi connectivity index (χ2v) is 6.79. The van der Waals surface area contributed by atoms with E-state index in [9.17, 15) is 4.79 Å². The zero-order chi connectivity index (χ0) is 17.6. The topological polar surface area (TPSA) is 36.4 Å². The predicted molar refractivity (Wildman–Crippen MR) is 102 cm³/mol. The minimum absolute atomic E-state index is 0.0429. The van der Waals surface area contributed by atoms with Gasteiger partial charge in [0.15, 0.2) is 0 Å². The number of carbonyl (C=O) groups is 1. The Morgan fingerprint density at radius 1 is 1.04 bits per heavy atom. The van der Waals surface area contributed by atoms with Crippen molar-refractivity contribution in [3.63, 3.8) is 0 Å². The zero-order valence-corrected chi connectivity index (χ0v) is 15.1. The summed E-state index contributed by atoms with van der Waals surface area (Å²) in [4.78, 5) is 21.7. The van der Waals surface area contributed by atoms with E-state index in [0.29, 0.717) is 5.92 Å². The van der Waals surface area contributed by atoms with Crippen LogP contribution >= 0.6 is 0 Å². The van der Waals surface area contributed by atoms with Crippen LogP contribution in [0.5, 0.6) is 0 Å². The number of piperazine rings is 1. The molecule has 0 bridgehead atoms. The maximum absolute atomic E-state index is 13.2. The molecule has 0 N–H and O–H groups in total. The van der Waals surface area contributed by atoms with E-state index < -0.39 is 0 Å². The van der Waals surface area contributed by atoms with Gasteiger partial charge >= 0.3 is 0 Å². The van der Waals surface area contributed by atoms with Crippen LogP contribution in [-0.2, 0) is 4.79 Å². The molecule has 1 saturated heterocycles. The Morgan fingerprint density at radius 2 is 1.68 bits per heavy atom. The second kappa shape index (κ2) is 8.15. The number of amides is 1. The van der Waals surface area contributed by atoms with Crippen molar-refractivity contribution in [3.8, 4) is 0 Å². The van der Waals surface area contributed by atoms with Gasteiger partial charge < -0.3 is 9.80 Å². The Balaban J connectivity index is 1.69. The lowest BCUT2D eigenvalue weighted by Gasteiger charge is -2.38. The summed E-state index contributed by atoms with van der Waals surface area (Å²) in [5.41, 5.74) is 2.32. The van der Waals surface area contributed by atoms with Gasteiger partial charge in [0.1, 0.15) is 0 Å². The monoisotopic (exact) mass is 337 g/mol. The van der Waals surface area contributed by atoms with Crippen molar-refractivity contribution < 1.29 is 4.79 Å². The van der Waals surface area contributed by atoms with Gasteiger partial charge in [0.25, 0.3) is 0 Å². The summed E-state index contributed by atoms with van der Waals surface area (Å²) >= 11 is 0. The number of hydrogen-bond donors (Lipinski definition) is 0. The number of benzene rings is 1. The first kappa shape index (κ1) is 17.5. The van der Waals surface area contributed by atoms with Crippen LogP contribution in [0, 0.1) is 5.92 Å². The lowest BCUT2D eigenvalue weighted by molar-refractivity contribution is -0.134. The maximum Gasteiger partial charge on any atom is 0.230 e. The fraction of sp³-hybridized carbons (Fsp3) is 0.429. The SMILES string of the molecule is CCC(C)C(C(=O)N1CCN(c2ccncc2)CC1)c1ccccc1. The Bertz CT molecular complexity index is 666. The first-order valence-corrected chi connectivity index (χ1v) is 9.19. The molecule has 1 fully saturated rings. The van der Waals surface area contributed by atoms with Crippen molar-refractivity contribution in [3.05, 3.63) is 60.4 Å². The van der Waals surface area contributed by atoms with Crippen LogP contribution in [0.4, 0.5) is 5.69 Å². The van der Waals surface area contributed by atoms with Crippen LogP contribution in [0.1, 0.15) is 31.7 Å². The quantitative estimate of drug-likeness (QED) is 0.837. The van der Waals surface area contributed by atoms with Gasteiger partial charge in [0, 0.05) is 44.3 Å². The highest BCUT2D eigenvalue weighted by molar-refractivity contribution is 5.84. The normalized spacial score (nSPS) is 17.2. The van der Waals surface area contributed by atoms with E-state index in [4.69, 9.17) is 0 Å². The number of anilines is 1. The van der Waals surface area contributed by atoms with Crippen LogP contribution in [0.2, 0.25) is 0 Å². The van der Waals surface area contributed by atoms with Crippen LogP contribution in [0.25, 0.3) is 0 Å². The fourth-order valence-electron chi connectivity index (χ4n) is 3.55. The molecular weight excluding hydrogens is 310 g/mol. The molecule has 4 nitrogen and oxygen atoms in total. The van der Waals surface area contributed by atoms with Crippen LogP contribution < -0.4 is 4.90 Å². The smallest absolute Gasteiger partial charge is 0.230 e. The molecule has 1 aromatic carbocycles. The van der Waals surface area contributed by atoms with Crippen molar-refractivity contribution >= 4 is 11.6 Å². The van der Waals surface area contributed by atoms with Gasteiger partial charge in [0.2, 0.25) is 5.91 Å². The summed E-state index contributed by atoms with van der Waals surface area (Å²) in [6, 6.07) is 14.3. The first-order chi connectivity index (χ1) is 12.2. The molecule has 0 radical (unpaired) electrons. The summed E-state index contributed by atoms with van der Waals surface area (Å²) in [6.07, 6.45) is 4.64. The highest BCUT2D eigenvalue weighted by atomic mass is 16.2. The molecule has 1 amide bonds. The van der Waals surface area contributed by atoms with Crippen molar-refractivity contribution in [1.29, 1.82) is 0 Å². The molecule has 0 saturated carbocycles. The third-order valence-corrected chi connectivity index (χ3v) is 5.26. The molecule has 25 heavy (non-hydrogen) atoms. The minimum Gasteiger partial charge on any atom is -0.368 e. The third kappa shape index (κ3) is 4.01. The van der Waals surface area contributed by atoms with Crippen molar-refractivity contribution in [2.75, 3.05) is 31.1 Å². The number of aromatic nitrogens is 1. The summed E-state index contributed by atoms with van der Waals surface area (Å²) in [7, 11) is 0. The molecule has 2 atom stereocenters. The number of carbonyl (C=O) groups excluding carboxylic acids is 1. The summed E-state index contributed by atoms with van der Waals surface area (Å²) in [6.45, 7) is 7.65. The molecule has 4 heteroatoms. The van der Waals surface area contributed by atoms with E-state index in [1.165, 1.54) is 5.69 Å². The molecule has 0 spiro atoms. The largest absolute Gasteiger partial charge is 0.368 e. The molecule has 1 aliphatic heterocycles. The molecule has 1 aliphatic rings. The van der Waals surface area contributed by atoms with E-state index in [0.717, 1.165) is 38.2 Å². The number of nitrogens with zero attached hydrogens (tertiary/aromatic N) is 3. The van der Waals surface area contributed by atoms with Crippen LogP contribution in [0.3, 0.4) is 0 Å². The van der Waals surface area contributed by atoms with Crippen molar-refractivity contribution in [1.82, 2.24) is 9.88 Å². The molecular formula is C21H27N3O. The molecule has 2 heterocycles. The summed E-state index contributed by atoms with van der Waals surface area (Å²) in [5.74, 6) is 0.571. The fourth-order valence-corrected chi connectivity index (χ4v) is 3.55. The average molecular weight is 337 g/mol. The molecule has 2 unspecified atom stereocenters. The number of pyridine rings is 1. The second-order valence-electron chi connectivity index (χ2n) is 6.79. The Labute approximate surface area is 150 Å². The lowest BCUT2D eigenvalue weighted by Crippen LogP contribution is -2.50. The van der Waals surface area contributed by atoms with Crippen LogP contribution in [-0.4, -0.2) is 42.0 Å². The van der Waals surface area contributed by atoms with E-state index in [1.807, 2.05) is 47.6 Å². The molecule has 0 aliphatic carbocycles. The standard InChI is InChI=1S/C21H27N3O/c1-3-17(2)20(18-7-5-4-6-8-18)21(25)24-15-13-23(14-16-24)19-9-11-22-12-10-19/h4-12,17,20H,3,13-16H2,1-2H3. The van der Waals surface area contributed by atoms with Gasteiger partial charge in [-0.2, -0.15) is 0 Å². The van der Waals surface area contributed by atoms with Crippen molar-refractivity contribution in [2.45, 2.75) is 26.2 Å². The Hall–Kier alpha value is -2.36. The molecule has 132 valence electrons. The van der Waals surface area contributed by atoms with E-state index in [-0.39, 0.29) is 11.8 Å². The highest BCUT2D eigenvalue weighted by Gasteiger charge is 2.31. The van der Waals surface area contributed by atoms with Gasteiger partial charge in [-0.25, -0.2) is 0 Å². The Kier molecular flexibility index (Phi) is 5.69. The van der Waals surface area contributed by atoms with Crippen LogP contribution in [0.15, 0.2) is 54.9 Å². The highest BCUT2D eigenvalue weighted by Crippen LogP contribution is 2.29. The van der Waals surface area contributed by atoms with E-state index in [1.54, 1.807) is 0 Å². The number of hydrogen-bond acceptors (Lipinski definition) is 3. The van der Waals surface area contributed by atoms with Gasteiger partial charge in [0.05, 0.1) is 5.92 Å². The predicted octanol–water partition coefficient (Wildman–Crippen LogP) is 3.56. The summed E-state index contributed by atoms with van der Waals surface area (Å²) in [5, 5.41) is 0. The maximum atomic E-state index is 13.2. The average Bonchev–Trinajstić information content (AvgIpc) is 2.69. The van der Waals surface area contributed by atoms with E-state index in [2.05, 4.69) is 35.9 Å². The molecule has 1 aromatic heterocycles. The number of rotatable bonds is 5. The minimum atomic E-state index is -0.0429. The third-order valence-electron chi connectivity index (χ3n) is 5.26. The van der Waals surface area contributed by atoms with Gasteiger partial charge in [-0.15, -0.1) is 0 Å². The zero-order valence-electron chi connectivity index (χ0n) is 15.1. The van der Waals surface area contributed by atoms with Gasteiger partial charge in [-0.3, -0.25) is 9.78 Å². The van der Waals surface area contributed by atoms with Gasteiger partial charge in [-0.05, 0) is 23.6 Å². The van der Waals surface area contributed by atoms with Gasteiger partial charge in [-0.1, -0.05) is 50.6 Å². The molecule has 3 rings (SSSR count). The molecule has 2 aromatic rings. The first-order valence-electron chi connectivity index (χ1n) is 9.19. The lowest BCUT2D eigenvalue weighted by atomic mass is 9.84.